The Balaban J connectivity index is 1.79. The zero-order valence-corrected chi connectivity index (χ0v) is 14.5. The Labute approximate surface area is 135 Å². The predicted molar refractivity (Wildman–Crippen MR) is 88.3 cm³/mol. The Hall–Kier alpha value is -0.740. The van der Waals surface area contributed by atoms with Crippen molar-refractivity contribution in [1.29, 1.82) is 0 Å². The van der Waals surface area contributed by atoms with Gasteiger partial charge in [-0.25, -0.2) is 0 Å². The molecule has 21 heavy (non-hydrogen) atoms. The van der Waals surface area contributed by atoms with E-state index in [1.54, 1.807) is 0 Å². The highest BCUT2D eigenvalue weighted by atomic mass is 79.9. The second-order valence-electron chi connectivity index (χ2n) is 6.98. The van der Waals surface area contributed by atoms with Gasteiger partial charge >= 0.3 is 0 Å². The molecule has 0 radical (unpaired) electrons. The van der Waals surface area contributed by atoms with Crippen LogP contribution in [0.25, 0.3) is 0 Å². The van der Waals surface area contributed by atoms with Gasteiger partial charge in [0, 0.05) is 15.9 Å². The normalized spacial score (nSPS) is 24.4. The van der Waals surface area contributed by atoms with Crippen molar-refractivity contribution < 1.29 is 9.47 Å². The summed E-state index contributed by atoms with van der Waals surface area (Å²) >= 11 is 3.69. The van der Waals surface area contributed by atoms with Gasteiger partial charge in [-0.1, -0.05) is 36.2 Å². The van der Waals surface area contributed by atoms with Crippen molar-refractivity contribution in [2.75, 3.05) is 19.8 Å². The number of nitrogens with one attached hydrogen (secondary N) is 1. The first-order valence-corrected chi connectivity index (χ1v) is 8.64. The molecule has 4 heteroatoms. The third kappa shape index (κ3) is 3.72. The average molecular weight is 354 g/mol. The van der Waals surface area contributed by atoms with Crippen molar-refractivity contribution in [3.8, 4) is 11.5 Å². The zero-order chi connectivity index (χ0) is 14.9. The Morgan fingerprint density at radius 1 is 1.19 bits per heavy atom. The average Bonchev–Trinajstić information content (AvgIpc) is 2.60. The van der Waals surface area contributed by atoms with Crippen LogP contribution < -0.4 is 14.8 Å². The number of hydrogen-bond donors (Lipinski definition) is 1. The predicted octanol–water partition coefficient (Wildman–Crippen LogP) is 3.93. The Bertz CT molecular complexity index is 510. The fraction of sp³-hybridized carbons (Fsp3) is 0.647. The van der Waals surface area contributed by atoms with E-state index in [1.165, 1.54) is 24.8 Å². The van der Waals surface area contributed by atoms with Gasteiger partial charge in [-0.15, -0.1) is 0 Å². The van der Waals surface area contributed by atoms with Gasteiger partial charge in [0.2, 0.25) is 0 Å². The van der Waals surface area contributed by atoms with Crippen LogP contribution in [0.15, 0.2) is 16.6 Å². The molecule has 116 valence electrons. The number of hydrogen-bond acceptors (Lipinski definition) is 3. The molecule has 1 saturated heterocycles. The summed E-state index contributed by atoms with van der Waals surface area (Å²) in [6, 6.07) is 4.79. The van der Waals surface area contributed by atoms with E-state index >= 15 is 0 Å². The van der Waals surface area contributed by atoms with Crippen molar-refractivity contribution in [1.82, 2.24) is 5.32 Å². The van der Waals surface area contributed by atoms with Gasteiger partial charge < -0.3 is 14.8 Å². The molecule has 0 bridgehead atoms. The van der Waals surface area contributed by atoms with E-state index in [2.05, 4.69) is 47.2 Å². The lowest BCUT2D eigenvalue weighted by Crippen LogP contribution is -2.35. The van der Waals surface area contributed by atoms with Gasteiger partial charge in [-0.05, 0) is 43.5 Å². The lowest BCUT2D eigenvalue weighted by Gasteiger charge is -2.24. The molecule has 2 aliphatic heterocycles. The van der Waals surface area contributed by atoms with Gasteiger partial charge in [0.05, 0.1) is 13.2 Å². The second-order valence-corrected chi connectivity index (χ2v) is 7.84. The highest BCUT2D eigenvalue weighted by Gasteiger charge is 2.26. The van der Waals surface area contributed by atoms with E-state index in [9.17, 15) is 0 Å². The van der Waals surface area contributed by atoms with Crippen LogP contribution in [-0.4, -0.2) is 25.8 Å². The highest BCUT2D eigenvalue weighted by molar-refractivity contribution is 9.10. The second kappa shape index (κ2) is 6.17. The molecule has 0 aliphatic carbocycles. The first-order chi connectivity index (χ1) is 10.0. The highest BCUT2D eigenvalue weighted by Crippen LogP contribution is 2.38. The summed E-state index contributed by atoms with van der Waals surface area (Å²) < 4.78 is 13.0. The SMILES string of the molecule is CC1(C)COc2cc(Br)c(CC3CCCCN3)cc2OC1. The van der Waals surface area contributed by atoms with E-state index in [-0.39, 0.29) is 5.41 Å². The fourth-order valence-corrected chi connectivity index (χ4v) is 3.40. The standard InChI is InChI=1S/C17H24BrNO2/c1-17(2)10-20-15-8-12(7-13-5-3-4-6-19-13)14(18)9-16(15)21-11-17/h8-9,13,19H,3-7,10-11H2,1-2H3. The number of ether oxygens (including phenoxy) is 2. The molecule has 0 saturated carbocycles. The molecule has 1 unspecified atom stereocenters. The molecule has 3 rings (SSSR count). The Kier molecular flexibility index (Phi) is 4.46. The fourth-order valence-electron chi connectivity index (χ4n) is 2.91. The molecule has 1 N–H and O–H groups in total. The molecule has 1 aromatic carbocycles. The van der Waals surface area contributed by atoms with E-state index in [0.717, 1.165) is 28.9 Å². The smallest absolute Gasteiger partial charge is 0.162 e. The van der Waals surface area contributed by atoms with E-state index in [0.29, 0.717) is 19.3 Å². The molecule has 0 spiro atoms. The lowest BCUT2D eigenvalue weighted by molar-refractivity contribution is 0.140. The summed E-state index contributed by atoms with van der Waals surface area (Å²) in [4.78, 5) is 0. The zero-order valence-electron chi connectivity index (χ0n) is 12.9. The summed E-state index contributed by atoms with van der Waals surface area (Å²) in [5.74, 6) is 1.74. The molecular weight excluding hydrogens is 330 g/mol. The van der Waals surface area contributed by atoms with Crippen molar-refractivity contribution in [3.63, 3.8) is 0 Å². The minimum absolute atomic E-state index is 0.0522. The van der Waals surface area contributed by atoms with Crippen LogP contribution in [0, 0.1) is 5.41 Å². The Morgan fingerprint density at radius 2 is 1.90 bits per heavy atom. The topological polar surface area (TPSA) is 30.5 Å². The van der Waals surface area contributed by atoms with Gasteiger partial charge in [0.1, 0.15) is 0 Å². The summed E-state index contributed by atoms with van der Waals surface area (Å²) in [6.07, 6.45) is 4.93. The maximum atomic E-state index is 5.98. The van der Waals surface area contributed by atoms with Crippen LogP contribution >= 0.6 is 15.9 Å². The van der Waals surface area contributed by atoms with Crippen molar-refractivity contribution in [2.45, 2.75) is 45.6 Å². The minimum Gasteiger partial charge on any atom is -0.489 e. The molecule has 2 heterocycles. The molecule has 1 atom stereocenters. The first-order valence-electron chi connectivity index (χ1n) is 7.85. The van der Waals surface area contributed by atoms with Crippen LogP contribution in [0.1, 0.15) is 38.7 Å². The number of piperidine rings is 1. The molecule has 0 amide bonds. The third-order valence-corrected chi connectivity index (χ3v) is 4.97. The van der Waals surface area contributed by atoms with Crippen molar-refractivity contribution in [2.24, 2.45) is 5.41 Å². The molecule has 1 fully saturated rings. The largest absolute Gasteiger partial charge is 0.489 e. The van der Waals surface area contributed by atoms with Gasteiger partial charge in [-0.2, -0.15) is 0 Å². The molecular formula is C17H24BrNO2. The van der Waals surface area contributed by atoms with Gasteiger partial charge in [0.25, 0.3) is 0 Å². The maximum Gasteiger partial charge on any atom is 0.162 e. The minimum atomic E-state index is 0.0522. The van der Waals surface area contributed by atoms with Crippen molar-refractivity contribution >= 4 is 15.9 Å². The van der Waals surface area contributed by atoms with E-state index < -0.39 is 0 Å². The monoisotopic (exact) mass is 353 g/mol. The van der Waals surface area contributed by atoms with Crippen LogP contribution in [0.2, 0.25) is 0 Å². The molecule has 0 aromatic heterocycles. The summed E-state index contributed by atoms with van der Waals surface area (Å²) in [7, 11) is 0. The van der Waals surface area contributed by atoms with Crippen LogP contribution in [0.3, 0.4) is 0 Å². The molecule has 3 nitrogen and oxygen atoms in total. The molecule has 2 aliphatic rings. The summed E-state index contributed by atoms with van der Waals surface area (Å²) in [5, 5.41) is 3.61. The van der Waals surface area contributed by atoms with Crippen molar-refractivity contribution in [3.05, 3.63) is 22.2 Å². The van der Waals surface area contributed by atoms with Crippen LogP contribution in [-0.2, 0) is 6.42 Å². The number of halogens is 1. The van der Waals surface area contributed by atoms with E-state index in [1.807, 2.05) is 0 Å². The van der Waals surface area contributed by atoms with Gasteiger partial charge in [0.15, 0.2) is 11.5 Å². The number of fused-ring (bicyclic) bond motifs is 1. The summed E-state index contributed by atoms with van der Waals surface area (Å²) in [6.45, 7) is 6.86. The first kappa shape index (κ1) is 15.2. The number of benzene rings is 1. The lowest BCUT2D eigenvalue weighted by atomic mass is 9.97. The Morgan fingerprint density at radius 3 is 2.57 bits per heavy atom. The van der Waals surface area contributed by atoms with Gasteiger partial charge in [-0.3, -0.25) is 0 Å². The van der Waals surface area contributed by atoms with Crippen LogP contribution in [0.4, 0.5) is 0 Å². The van der Waals surface area contributed by atoms with Crippen LogP contribution in [0.5, 0.6) is 11.5 Å². The maximum absolute atomic E-state index is 5.98. The number of rotatable bonds is 2. The summed E-state index contributed by atoms with van der Waals surface area (Å²) in [5.41, 5.74) is 1.35. The van der Waals surface area contributed by atoms with E-state index in [4.69, 9.17) is 9.47 Å². The third-order valence-electron chi connectivity index (χ3n) is 4.23. The molecule has 1 aromatic rings. The quantitative estimate of drug-likeness (QED) is 0.873.